The summed E-state index contributed by atoms with van der Waals surface area (Å²) in [4.78, 5) is 26.9. The average Bonchev–Trinajstić information content (AvgIpc) is 2.89. The molecule has 3 amide bonds. The fourth-order valence-electron chi connectivity index (χ4n) is 3.40. The van der Waals surface area contributed by atoms with Crippen LogP contribution in [-0.4, -0.2) is 30.0 Å². The van der Waals surface area contributed by atoms with Crippen LogP contribution in [0.2, 0.25) is 0 Å². The Labute approximate surface area is 154 Å². The highest BCUT2D eigenvalue weighted by Crippen LogP contribution is 2.33. The topological polar surface area (TPSA) is 58.6 Å². The lowest BCUT2D eigenvalue weighted by Gasteiger charge is -2.27. The molecule has 2 aromatic carbocycles. The maximum absolute atomic E-state index is 13.1. The molecule has 1 atom stereocenters. The van der Waals surface area contributed by atoms with Crippen molar-refractivity contribution < 1.29 is 14.3 Å². The fourth-order valence-corrected chi connectivity index (χ4v) is 3.40. The van der Waals surface area contributed by atoms with Gasteiger partial charge in [-0.15, -0.1) is 0 Å². The van der Waals surface area contributed by atoms with Crippen LogP contribution in [0.4, 0.5) is 4.79 Å². The highest BCUT2D eigenvalue weighted by atomic mass is 16.5. The zero-order valence-electron chi connectivity index (χ0n) is 15.2. The maximum Gasteiger partial charge on any atom is 0.325 e. The van der Waals surface area contributed by atoms with Gasteiger partial charge < -0.3 is 10.1 Å². The Morgan fingerprint density at radius 2 is 1.73 bits per heavy atom. The Morgan fingerprint density at radius 3 is 2.42 bits per heavy atom. The molecule has 26 heavy (non-hydrogen) atoms. The van der Waals surface area contributed by atoms with Crippen LogP contribution in [0.15, 0.2) is 54.6 Å². The number of nitrogens with one attached hydrogen (secondary N) is 1. The molecule has 1 aliphatic rings. The van der Waals surface area contributed by atoms with Gasteiger partial charge in [-0.25, -0.2) is 4.79 Å². The molecule has 0 bridgehead atoms. The summed E-state index contributed by atoms with van der Waals surface area (Å²) < 4.78 is 5.76. The number of hydrogen-bond donors (Lipinski definition) is 1. The van der Waals surface area contributed by atoms with E-state index < -0.39 is 5.54 Å². The monoisotopic (exact) mass is 352 g/mol. The summed E-state index contributed by atoms with van der Waals surface area (Å²) >= 11 is 0. The third-order valence-electron chi connectivity index (χ3n) is 4.73. The highest BCUT2D eigenvalue weighted by Gasteiger charge is 2.51. The first-order valence-electron chi connectivity index (χ1n) is 8.96. The van der Waals surface area contributed by atoms with Crippen molar-refractivity contribution >= 4 is 11.9 Å². The number of imide groups is 1. The van der Waals surface area contributed by atoms with E-state index in [1.165, 1.54) is 4.90 Å². The van der Waals surface area contributed by atoms with Crippen molar-refractivity contribution in [1.29, 1.82) is 0 Å². The Kier molecular flexibility index (Phi) is 5.26. The second-order valence-corrected chi connectivity index (χ2v) is 6.52. The first-order chi connectivity index (χ1) is 12.6. The number of ether oxygens (including phenoxy) is 1. The van der Waals surface area contributed by atoms with Crippen LogP contribution in [0.5, 0.6) is 5.75 Å². The van der Waals surface area contributed by atoms with E-state index in [1.807, 2.05) is 68.4 Å². The summed E-state index contributed by atoms with van der Waals surface area (Å²) in [5.41, 5.74) is 0.868. The molecule has 136 valence electrons. The van der Waals surface area contributed by atoms with Crippen molar-refractivity contribution in [2.45, 2.75) is 32.2 Å². The molecule has 5 nitrogen and oxygen atoms in total. The van der Waals surface area contributed by atoms with Gasteiger partial charge in [-0.3, -0.25) is 9.69 Å². The molecule has 0 aliphatic carbocycles. The van der Waals surface area contributed by atoms with E-state index in [9.17, 15) is 9.59 Å². The maximum atomic E-state index is 13.1. The van der Waals surface area contributed by atoms with E-state index in [-0.39, 0.29) is 25.1 Å². The average molecular weight is 352 g/mol. The van der Waals surface area contributed by atoms with E-state index in [1.54, 1.807) is 0 Å². The van der Waals surface area contributed by atoms with Gasteiger partial charge >= 0.3 is 6.03 Å². The third-order valence-corrected chi connectivity index (χ3v) is 4.73. The van der Waals surface area contributed by atoms with Crippen molar-refractivity contribution in [2.24, 2.45) is 0 Å². The lowest BCUT2D eigenvalue weighted by molar-refractivity contribution is -0.132. The van der Waals surface area contributed by atoms with Crippen molar-refractivity contribution in [3.63, 3.8) is 0 Å². The van der Waals surface area contributed by atoms with E-state index in [4.69, 9.17) is 4.74 Å². The van der Waals surface area contributed by atoms with Crippen LogP contribution in [0, 0.1) is 6.92 Å². The number of aryl methyl sites for hydroxylation is 1. The largest absolute Gasteiger partial charge is 0.491 e. The summed E-state index contributed by atoms with van der Waals surface area (Å²) in [5.74, 6) is 0.561. The molecule has 1 N–H and O–H groups in total. The van der Waals surface area contributed by atoms with Crippen LogP contribution < -0.4 is 10.1 Å². The molecule has 1 saturated heterocycles. The van der Waals surface area contributed by atoms with Crippen LogP contribution in [-0.2, 0) is 10.3 Å². The van der Waals surface area contributed by atoms with Gasteiger partial charge in [-0.05, 0) is 30.5 Å². The summed E-state index contributed by atoms with van der Waals surface area (Å²) in [6.45, 7) is 4.46. The molecule has 3 rings (SSSR count). The normalized spacial score (nSPS) is 19.5. The summed E-state index contributed by atoms with van der Waals surface area (Å²) in [5, 5.41) is 2.93. The first kappa shape index (κ1) is 18.0. The number of rotatable bonds is 7. The minimum atomic E-state index is -0.976. The smallest absolute Gasteiger partial charge is 0.325 e. The zero-order chi connectivity index (χ0) is 18.6. The number of carbonyl (C=O) groups is 2. The van der Waals surface area contributed by atoms with Crippen molar-refractivity contribution in [2.75, 3.05) is 13.2 Å². The number of para-hydroxylation sites is 1. The summed E-state index contributed by atoms with van der Waals surface area (Å²) in [6, 6.07) is 16.8. The minimum absolute atomic E-state index is 0.205. The number of carbonyl (C=O) groups excluding carboxylic acids is 2. The molecule has 0 unspecified atom stereocenters. The van der Waals surface area contributed by atoms with Gasteiger partial charge in [0.25, 0.3) is 5.91 Å². The van der Waals surface area contributed by atoms with Gasteiger partial charge in [0, 0.05) is 0 Å². The molecule has 1 heterocycles. The number of nitrogens with zero attached hydrogens (tertiary/aromatic N) is 1. The van der Waals surface area contributed by atoms with Crippen LogP contribution in [0.1, 0.15) is 30.9 Å². The fraction of sp³-hybridized carbons (Fsp3) is 0.333. The third kappa shape index (κ3) is 3.29. The van der Waals surface area contributed by atoms with E-state index >= 15 is 0 Å². The number of amides is 3. The predicted octanol–water partition coefficient (Wildman–Crippen LogP) is 3.62. The number of urea groups is 1. The minimum Gasteiger partial charge on any atom is -0.491 e. The second kappa shape index (κ2) is 7.60. The van der Waals surface area contributed by atoms with Crippen LogP contribution in [0.3, 0.4) is 0 Å². The quantitative estimate of drug-likeness (QED) is 0.774. The van der Waals surface area contributed by atoms with Gasteiger partial charge in [-0.1, -0.05) is 61.9 Å². The van der Waals surface area contributed by atoms with Gasteiger partial charge in [0.05, 0.1) is 6.54 Å². The molecule has 0 aromatic heterocycles. The molecule has 1 aliphatic heterocycles. The molecule has 2 aromatic rings. The van der Waals surface area contributed by atoms with E-state index in [0.717, 1.165) is 23.3 Å². The Balaban J connectivity index is 1.74. The molecule has 0 spiro atoms. The molecular formula is C21H24N2O3. The summed E-state index contributed by atoms with van der Waals surface area (Å²) in [7, 11) is 0. The molecule has 1 fully saturated rings. The zero-order valence-corrected chi connectivity index (χ0v) is 15.2. The number of benzene rings is 2. The molecule has 5 heteroatoms. The SMILES string of the molecule is CCC[C@]1(c2ccccc2)NC(=O)N(CCOc2ccccc2C)C1=O. The Morgan fingerprint density at radius 1 is 1.04 bits per heavy atom. The predicted molar refractivity (Wildman–Crippen MR) is 99.9 cm³/mol. The van der Waals surface area contributed by atoms with Crippen molar-refractivity contribution in [1.82, 2.24) is 10.2 Å². The first-order valence-corrected chi connectivity index (χ1v) is 8.96. The molecule has 0 saturated carbocycles. The lowest BCUT2D eigenvalue weighted by Crippen LogP contribution is -2.44. The van der Waals surface area contributed by atoms with Gasteiger partial charge in [0.1, 0.15) is 17.9 Å². The molecule has 0 radical (unpaired) electrons. The van der Waals surface area contributed by atoms with Crippen molar-refractivity contribution in [3.8, 4) is 5.75 Å². The van der Waals surface area contributed by atoms with Crippen LogP contribution >= 0.6 is 0 Å². The van der Waals surface area contributed by atoms with Gasteiger partial charge in [0.2, 0.25) is 0 Å². The summed E-state index contributed by atoms with van der Waals surface area (Å²) in [6.07, 6.45) is 1.35. The standard InChI is InChI=1S/C21H24N2O3/c1-3-13-21(17-10-5-4-6-11-17)19(24)23(20(25)22-21)14-15-26-18-12-8-7-9-16(18)2/h4-12H,3,13-15H2,1-2H3,(H,22,25)/t21-/m1/s1. The van der Waals surface area contributed by atoms with Crippen LogP contribution in [0.25, 0.3) is 0 Å². The highest BCUT2D eigenvalue weighted by molar-refractivity contribution is 6.07. The number of hydrogen-bond acceptors (Lipinski definition) is 3. The van der Waals surface area contributed by atoms with Crippen molar-refractivity contribution in [3.05, 3.63) is 65.7 Å². The molecular weight excluding hydrogens is 328 g/mol. The van der Waals surface area contributed by atoms with E-state index in [2.05, 4.69) is 5.32 Å². The van der Waals surface area contributed by atoms with Gasteiger partial charge in [-0.2, -0.15) is 0 Å². The lowest BCUT2D eigenvalue weighted by atomic mass is 9.85. The Bertz CT molecular complexity index is 791. The van der Waals surface area contributed by atoms with Gasteiger partial charge in [0.15, 0.2) is 0 Å². The van der Waals surface area contributed by atoms with E-state index in [0.29, 0.717) is 6.42 Å². The Hall–Kier alpha value is -2.82. The second-order valence-electron chi connectivity index (χ2n) is 6.52.